The van der Waals surface area contributed by atoms with E-state index in [4.69, 9.17) is 11.6 Å². The van der Waals surface area contributed by atoms with Crippen molar-refractivity contribution in [3.05, 3.63) is 28.5 Å². The van der Waals surface area contributed by atoms with Gasteiger partial charge in [0.15, 0.2) is 0 Å². The van der Waals surface area contributed by atoms with Crippen molar-refractivity contribution in [2.45, 2.75) is 19.0 Å². The number of rotatable bonds is 1. The van der Waals surface area contributed by atoms with Gasteiger partial charge >= 0.3 is 0 Å². The Balaban J connectivity index is 1.91. The van der Waals surface area contributed by atoms with Crippen LogP contribution in [-0.2, 0) is 16.1 Å². The third kappa shape index (κ3) is 2.08. The smallest absolute Gasteiger partial charge is 0.249 e. The maximum atomic E-state index is 13.2. The van der Waals surface area contributed by atoms with Crippen LogP contribution in [0.5, 0.6) is 0 Å². The molecular weight excluding hydrogens is 273 g/mol. The van der Waals surface area contributed by atoms with Gasteiger partial charge in [-0.3, -0.25) is 14.9 Å². The lowest BCUT2D eigenvalue weighted by Gasteiger charge is -2.28. The van der Waals surface area contributed by atoms with Crippen LogP contribution in [0.3, 0.4) is 0 Å². The van der Waals surface area contributed by atoms with Gasteiger partial charge in [0.25, 0.3) is 0 Å². The molecule has 3 rings (SSSR count). The molecule has 2 amide bonds. The molecule has 1 aromatic rings. The summed E-state index contributed by atoms with van der Waals surface area (Å²) >= 11 is 5.98. The zero-order valence-corrected chi connectivity index (χ0v) is 10.4. The Labute approximate surface area is 113 Å². The summed E-state index contributed by atoms with van der Waals surface area (Å²) in [6.45, 7) is 0.323. The zero-order valence-electron chi connectivity index (χ0n) is 9.69. The van der Waals surface area contributed by atoms with E-state index in [9.17, 15) is 14.0 Å². The molecule has 1 saturated heterocycles. The lowest BCUT2D eigenvalue weighted by molar-refractivity contribution is -0.125. The van der Waals surface area contributed by atoms with Crippen molar-refractivity contribution in [1.82, 2.24) is 10.2 Å². The van der Waals surface area contributed by atoms with Gasteiger partial charge in [-0.1, -0.05) is 11.6 Å². The van der Waals surface area contributed by atoms with Gasteiger partial charge in [0.2, 0.25) is 11.8 Å². The van der Waals surface area contributed by atoms with E-state index < -0.39 is 11.9 Å². The molecule has 1 aromatic carbocycles. The second-order valence-electron chi connectivity index (χ2n) is 4.43. The average molecular weight is 282 g/mol. The number of imide groups is 1. The Morgan fingerprint density at radius 2 is 2.21 bits per heavy atom. The largest absolute Gasteiger partial charge is 0.346 e. The Morgan fingerprint density at radius 3 is 2.89 bits per heavy atom. The minimum Gasteiger partial charge on any atom is -0.346 e. The molecule has 1 fully saturated rings. The highest BCUT2D eigenvalue weighted by Crippen LogP contribution is 2.32. The molecule has 0 radical (unpaired) electrons. The second-order valence-corrected chi connectivity index (χ2v) is 4.84. The van der Waals surface area contributed by atoms with E-state index in [2.05, 4.69) is 10.3 Å². The van der Waals surface area contributed by atoms with Gasteiger partial charge in [-0.25, -0.2) is 9.38 Å². The number of amides is 2. The van der Waals surface area contributed by atoms with Gasteiger partial charge in [-0.15, -0.1) is 0 Å². The fourth-order valence-electron chi connectivity index (χ4n) is 2.22. The lowest BCUT2D eigenvalue weighted by atomic mass is 10.1. The lowest BCUT2D eigenvalue weighted by Crippen LogP contribution is -2.40. The number of nitrogens with one attached hydrogen (secondary N) is 1. The third-order valence-electron chi connectivity index (χ3n) is 3.17. The predicted molar refractivity (Wildman–Crippen MR) is 66.7 cm³/mol. The maximum Gasteiger partial charge on any atom is 0.249 e. The molecule has 5 nitrogen and oxygen atoms in total. The number of hydrogen-bond donors (Lipinski definition) is 1. The van der Waals surface area contributed by atoms with Crippen LogP contribution >= 0.6 is 11.6 Å². The Bertz CT molecular complexity index is 617. The van der Waals surface area contributed by atoms with E-state index in [1.807, 2.05) is 0 Å². The highest BCUT2D eigenvalue weighted by atomic mass is 35.5. The van der Waals surface area contributed by atoms with Gasteiger partial charge in [0, 0.05) is 12.1 Å². The summed E-state index contributed by atoms with van der Waals surface area (Å²) in [7, 11) is 0. The van der Waals surface area contributed by atoms with Crippen molar-refractivity contribution in [2.24, 2.45) is 4.99 Å². The van der Waals surface area contributed by atoms with Crippen molar-refractivity contribution in [3.8, 4) is 0 Å². The van der Waals surface area contributed by atoms with Crippen molar-refractivity contribution in [1.29, 1.82) is 0 Å². The highest BCUT2D eigenvalue weighted by Gasteiger charge is 2.35. The van der Waals surface area contributed by atoms with Gasteiger partial charge in [-0.05, 0) is 12.1 Å². The summed E-state index contributed by atoms with van der Waals surface area (Å²) in [5.74, 6) is -1.11. The van der Waals surface area contributed by atoms with Crippen LogP contribution < -0.4 is 5.32 Å². The van der Waals surface area contributed by atoms with E-state index in [1.54, 1.807) is 4.90 Å². The van der Waals surface area contributed by atoms with E-state index in [0.29, 0.717) is 17.8 Å². The van der Waals surface area contributed by atoms with Crippen LogP contribution in [0.4, 0.5) is 10.1 Å². The first-order chi connectivity index (χ1) is 9.04. The molecule has 2 heterocycles. The fraction of sp³-hybridized carbons (Fsp3) is 0.250. The van der Waals surface area contributed by atoms with Crippen molar-refractivity contribution >= 4 is 35.4 Å². The van der Waals surface area contributed by atoms with E-state index >= 15 is 0 Å². The molecule has 19 heavy (non-hydrogen) atoms. The molecule has 1 unspecified atom stereocenters. The summed E-state index contributed by atoms with van der Waals surface area (Å²) in [6.07, 6.45) is 1.54. The molecular formula is C12H9ClFN3O2. The standard InChI is InChI=1S/C12H9ClFN3O2/c13-8-1-6(14)2-9-7(8)4-17(5-15-9)10-3-11(18)16-12(10)19/h1-2,5,10H,3-4H2,(H,16,18,19). The number of benzene rings is 1. The molecule has 0 aromatic heterocycles. The Kier molecular flexibility index (Phi) is 2.74. The van der Waals surface area contributed by atoms with Gasteiger partial charge in [0.1, 0.15) is 11.9 Å². The molecule has 2 aliphatic heterocycles. The highest BCUT2D eigenvalue weighted by molar-refractivity contribution is 6.31. The number of halogens is 2. The monoisotopic (exact) mass is 281 g/mol. The van der Waals surface area contributed by atoms with Crippen LogP contribution in [-0.4, -0.2) is 29.1 Å². The maximum absolute atomic E-state index is 13.2. The summed E-state index contributed by atoms with van der Waals surface area (Å²) in [6, 6.07) is 1.92. The fourth-order valence-corrected chi connectivity index (χ4v) is 2.48. The number of carbonyl (C=O) groups is 2. The van der Waals surface area contributed by atoms with Crippen LogP contribution in [0.2, 0.25) is 5.02 Å². The first-order valence-electron chi connectivity index (χ1n) is 5.66. The van der Waals surface area contributed by atoms with Crippen LogP contribution in [0, 0.1) is 5.82 Å². The number of aliphatic imine (C=N–C) groups is 1. The first-order valence-corrected chi connectivity index (χ1v) is 6.04. The number of nitrogens with zero attached hydrogens (tertiary/aromatic N) is 2. The third-order valence-corrected chi connectivity index (χ3v) is 3.50. The Morgan fingerprint density at radius 1 is 1.42 bits per heavy atom. The SMILES string of the molecule is O=C1CC(N2C=Nc3cc(F)cc(Cl)c3C2)C(=O)N1. The van der Waals surface area contributed by atoms with E-state index in [0.717, 1.165) is 0 Å². The summed E-state index contributed by atoms with van der Waals surface area (Å²) < 4.78 is 13.2. The van der Waals surface area contributed by atoms with Crippen LogP contribution in [0.1, 0.15) is 12.0 Å². The minimum absolute atomic E-state index is 0.0962. The summed E-state index contributed by atoms with van der Waals surface area (Å²) in [4.78, 5) is 28.5. The second kappa shape index (κ2) is 4.31. The van der Waals surface area contributed by atoms with Crippen molar-refractivity contribution in [2.75, 3.05) is 0 Å². The van der Waals surface area contributed by atoms with Crippen molar-refractivity contribution in [3.63, 3.8) is 0 Å². The summed E-state index contributed by atoms with van der Waals surface area (Å²) in [5, 5.41) is 2.50. The van der Waals surface area contributed by atoms with Crippen LogP contribution in [0.15, 0.2) is 17.1 Å². The quantitative estimate of drug-likeness (QED) is 0.791. The normalized spacial score (nSPS) is 21.6. The van der Waals surface area contributed by atoms with Gasteiger partial charge < -0.3 is 4.90 Å². The molecule has 7 heteroatoms. The Hall–Kier alpha value is -1.95. The summed E-state index contributed by atoms with van der Waals surface area (Å²) in [5.41, 5.74) is 1.10. The molecule has 1 N–H and O–H groups in total. The molecule has 0 bridgehead atoms. The number of fused-ring (bicyclic) bond motifs is 1. The molecule has 0 saturated carbocycles. The van der Waals surface area contributed by atoms with Gasteiger partial charge in [-0.2, -0.15) is 0 Å². The molecule has 2 aliphatic rings. The van der Waals surface area contributed by atoms with Gasteiger partial charge in [0.05, 0.1) is 23.5 Å². The van der Waals surface area contributed by atoms with Crippen LogP contribution in [0.25, 0.3) is 0 Å². The minimum atomic E-state index is -0.578. The predicted octanol–water partition coefficient (Wildman–Crippen LogP) is 1.37. The molecule has 98 valence electrons. The molecule has 0 spiro atoms. The zero-order chi connectivity index (χ0) is 13.6. The van der Waals surface area contributed by atoms with E-state index in [1.165, 1.54) is 18.5 Å². The first kappa shape index (κ1) is 12.1. The van der Waals surface area contributed by atoms with Crippen molar-refractivity contribution < 1.29 is 14.0 Å². The number of carbonyl (C=O) groups excluding carboxylic acids is 2. The molecule has 1 atom stereocenters. The average Bonchev–Trinajstić information content (AvgIpc) is 2.68. The number of hydrogen-bond acceptors (Lipinski definition) is 4. The topological polar surface area (TPSA) is 61.8 Å². The van der Waals surface area contributed by atoms with E-state index in [-0.39, 0.29) is 23.3 Å². The molecule has 0 aliphatic carbocycles.